The van der Waals surface area contributed by atoms with Gasteiger partial charge in [0, 0.05) is 16.9 Å². The van der Waals surface area contributed by atoms with Crippen LogP contribution in [0.3, 0.4) is 0 Å². The molecule has 1 amide bonds. The number of para-hydroxylation sites is 2. The van der Waals surface area contributed by atoms with Gasteiger partial charge in [0.15, 0.2) is 0 Å². The largest absolute Gasteiger partial charge is 0.495 e. The first kappa shape index (κ1) is 16.7. The van der Waals surface area contributed by atoms with E-state index in [1.165, 1.54) is 12.3 Å². The first-order valence-corrected chi connectivity index (χ1v) is 7.83. The van der Waals surface area contributed by atoms with Crippen molar-refractivity contribution in [3.63, 3.8) is 0 Å². The first-order valence-electron chi connectivity index (χ1n) is 7.46. The summed E-state index contributed by atoms with van der Waals surface area (Å²) in [6.07, 6.45) is 1.51. The van der Waals surface area contributed by atoms with E-state index in [4.69, 9.17) is 16.3 Å². The minimum absolute atomic E-state index is 0.227. The quantitative estimate of drug-likeness (QED) is 0.720. The molecule has 126 valence electrons. The lowest BCUT2D eigenvalue weighted by atomic mass is 10.2. The van der Waals surface area contributed by atoms with E-state index in [9.17, 15) is 4.79 Å². The average molecular weight is 355 g/mol. The second kappa shape index (κ2) is 7.63. The van der Waals surface area contributed by atoms with Crippen LogP contribution in [0, 0.1) is 0 Å². The fourth-order valence-electron chi connectivity index (χ4n) is 2.17. The molecule has 25 heavy (non-hydrogen) atoms. The molecule has 0 fully saturated rings. The number of amides is 1. The van der Waals surface area contributed by atoms with Crippen LogP contribution < -0.4 is 15.4 Å². The van der Waals surface area contributed by atoms with Crippen molar-refractivity contribution in [1.82, 2.24) is 9.97 Å². The number of carbonyl (C=O) groups excluding carboxylic acids is 1. The molecule has 0 saturated heterocycles. The lowest BCUT2D eigenvalue weighted by Crippen LogP contribution is -2.15. The number of rotatable bonds is 5. The van der Waals surface area contributed by atoms with Gasteiger partial charge in [0.05, 0.1) is 12.8 Å². The van der Waals surface area contributed by atoms with E-state index < -0.39 is 0 Å². The number of halogens is 1. The number of nitrogens with one attached hydrogen (secondary N) is 2. The third-order valence-corrected chi connectivity index (χ3v) is 3.56. The van der Waals surface area contributed by atoms with Gasteiger partial charge in [-0.1, -0.05) is 29.8 Å². The van der Waals surface area contributed by atoms with E-state index in [0.29, 0.717) is 22.4 Å². The molecule has 2 aromatic carbocycles. The van der Waals surface area contributed by atoms with Gasteiger partial charge in [-0.3, -0.25) is 4.79 Å². The first-order chi connectivity index (χ1) is 12.2. The molecule has 0 radical (unpaired) electrons. The van der Waals surface area contributed by atoms with Crippen molar-refractivity contribution in [1.29, 1.82) is 0 Å². The molecule has 3 aromatic rings. The van der Waals surface area contributed by atoms with Crippen LogP contribution in [0.2, 0.25) is 5.02 Å². The summed E-state index contributed by atoms with van der Waals surface area (Å²) in [7, 11) is 1.54. The summed E-state index contributed by atoms with van der Waals surface area (Å²) in [5.74, 6) is 0.512. The normalized spacial score (nSPS) is 10.2. The van der Waals surface area contributed by atoms with Crippen LogP contribution in [0.1, 0.15) is 10.5 Å². The molecule has 1 aromatic heterocycles. The highest BCUT2D eigenvalue weighted by Gasteiger charge is 2.12. The maximum atomic E-state index is 12.4. The van der Waals surface area contributed by atoms with Crippen molar-refractivity contribution in [2.45, 2.75) is 0 Å². The fourth-order valence-corrected chi connectivity index (χ4v) is 2.37. The summed E-state index contributed by atoms with van der Waals surface area (Å²) in [6, 6.07) is 15.8. The smallest absolute Gasteiger partial charge is 0.274 e. The van der Waals surface area contributed by atoms with Gasteiger partial charge in [0.25, 0.3) is 5.91 Å². The monoisotopic (exact) mass is 354 g/mol. The highest BCUT2D eigenvalue weighted by molar-refractivity contribution is 6.30. The highest BCUT2D eigenvalue weighted by Crippen LogP contribution is 2.23. The minimum atomic E-state index is -0.360. The van der Waals surface area contributed by atoms with Gasteiger partial charge in [0.1, 0.15) is 11.4 Å². The summed E-state index contributed by atoms with van der Waals surface area (Å²) >= 11 is 5.95. The minimum Gasteiger partial charge on any atom is -0.495 e. The summed E-state index contributed by atoms with van der Waals surface area (Å²) in [5, 5.41) is 6.38. The van der Waals surface area contributed by atoms with Gasteiger partial charge in [0.2, 0.25) is 5.95 Å². The Morgan fingerprint density at radius 3 is 2.76 bits per heavy atom. The van der Waals surface area contributed by atoms with Crippen LogP contribution in [0.4, 0.5) is 17.3 Å². The summed E-state index contributed by atoms with van der Waals surface area (Å²) in [6.45, 7) is 0. The van der Waals surface area contributed by atoms with E-state index in [2.05, 4.69) is 20.6 Å². The Hall–Kier alpha value is -3.12. The lowest BCUT2D eigenvalue weighted by Gasteiger charge is -2.10. The maximum Gasteiger partial charge on any atom is 0.274 e. The molecule has 7 heteroatoms. The van der Waals surface area contributed by atoms with E-state index in [-0.39, 0.29) is 11.6 Å². The standard InChI is InChI=1S/C18H15ClN4O2/c1-25-16-8-3-2-7-14(16)22-17(24)15-9-10-20-18(23-15)21-13-6-4-5-12(19)11-13/h2-11H,1H3,(H,22,24)(H,20,21,23). The summed E-state index contributed by atoms with van der Waals surface area (Å²) < 4.78 is 5.22. The number of ether oxygens (including phenoxy) is 1. The van der Waals surface area contributed by atoms with Gasteiger partial charge >= 0.3 is 0 Å². The molecule has 0 unspecified atom stereocenters. The Bertz CT molecular complexity index is 902. The summed E-state index contributed by atoms with van der Waals surface area (Å²) in [5.41, 5.74) is 1.53. The van der Waals surface area contributed by atoms with Crippen molar-refractivity contribution in [3.8, 4) is 5.75 Å². The van der Waals surface area contributed by atoms with E-state index in [1.807, 2.05) is 24.3 Å². The van der Waals surface area contributed by atoms with E-state index in [1.54, 1.807) is 31.4 Å². The van der Waals surface area contributed by atoms with Crippen molar-refractivity contribution in [2.24, 2.45) is 0 Å². The highest BCUT2D eigenvalue weighted by atomic mass is 35.5. The number of hydrogen-bond donors (Lipinski definition) is 2. The van der Waals surface area contributed by atoms with Crippen LogP contribution in [-0.4, -0.2) is 23.0 Å². The molecule has 0 saturated carbocycles. The van der Waals surface area contributed by atoms with Crippen molar-refractivity contribution >= 4 is 34.8 Å². The Kier molecular flexibility index (Phi) is 5.11. The van der Waals surface area contributed by atoms with Gasteiger partial charge in [-0.05, 0) is 36.4 Å². The zero-order chi connectivity index (χ0) is 17.6. The number of anilines is 3. The number of nitrogens with zero attached hydrogens (tertiary/aromatic N) is 2. The Morgan fingerprint density at radius 2 is 1.96 bits per heavy atom. The number of aromatic nitrogens is 2. The lowest BCUT2D eigenvalue weighted by molar-refractivity contribution is 0.102. The molecular weight excluding hydrogens is 340 g/mol. The van der Waals surface area contributed by atoms with Crippen molar-refractivity contribution in [2.75, 3.05) is 17.7 Å². The van der Waals surface area contributed by atoms with Crippen LogP contribution in [0.5, 0.6) is 5.75 Å². The molecule has 0 spiro atoms. The van der Waals surface area contributed by atoms with Gasteiger partial charge in [-0.25, -0.2) is 9.97 Å². The van der Waals surface area contributed by atoms with Crippen LogP contribution in [0.25, 0.3) is 0 Å². The Balaban J connectivity index is 1.77. The zero-order valence-electron chi connectivity index (χ0n) is 13.4. The van der Waals surface area contributed by atoms with E-state index in [0.717, 1.165) is 5.69 Å². The van der Waals surface area contributed by atoms with Crippen molar-refractivity contribution in [3.05, 3.63) is 71.5 Å². The Labute approximate surface area is 149 Å². The average Bonchev–Trinajstić information content (AvgIpc) is 2.62. The predicted octanol–water partition coefficient (Wildman–Crippen LogP) is 4.13. The molecule has 3 rings (SSSR count). The fraction of sp³-hybridized carbons (Fsp3) is 0.0556. The molecule has 0 aliphatic carbocycles. The SMILES string of the molecule is COc1ccccc1NC(=O)c1ccnc(Nc2cccc(Cl)c2)n1. The maximum absolute atomic E-state index is 12.4. The third-order valence-electron chi connectivity index (χ3n) is 3.32. The molecule has 2 N–H and O–H groups in total. The molecule has 1 heterocycles. The Morgan fingerprint density at radius 1 is 1.12 bits per heavy atom. The summed E-state index contributed by atoms with van der Waals surface area (Å²) in [4.78, 5) is 20.8. The number of hydrogen-bond acceptors (Lipinski definition) is 5. The van der Waals surface area contributed by atoms with Gasteiger partial charge in [-0.15, -0.1) is 0 Å². The number of carbonyl (C=O) groups is 1. The van der Waals surface area contributed by atoms with Crippen LogP contribution >= 0.6 is 11.6 Å². The third kappa shape index (κ3) is 4.24. The number of methoxy groups -OCH3 is 1. The van der Waals surface area contributed by atoms with E-state index >= 15 is 0 Å². The molecule has 0 bridgehead atoms. The zero-order valence-corrected chi connectivity index (χ0v) is 14.1. The molecule has 0 atom stereocenters. The van der Waals surface area contributed by atoms with Crippen LogP contribution in [0.15, 0.2) is 60.8 Å². The van der Waals surface area contributed by atoms with Crippen molar-refractivity contribution < 1.29 is 9.53 Å². The molecular formula is C18H15ClN4O2. The topological polar surface area (TPSA) is 76.1 Å². The van der Waals surface area contributed by atoms with Gasteiger partial charge < -0.3 is 15.4 Å². The molecule has 0 aliphatic heterocycles. The number of benzene rings is 2. The molecule has 6 nitrogen and oxygen atoms in total. The second-order valence-corrected chi connectivity index (χ2v) is 5.49. The van der Waals surface area contributed by atoms with Gasteiger partial charge in [-0.2, -0.15) is 0 Å². The molecule has 0 aliphatic rings. The van der Waals surface area contributed by atoms with Crippen LogP contribution in [-0.2, 0) is 0 Å². The predicted molar refractivity (Wildman–Crippen MR) is 97.7 cm³/mol. The second-order valence-electron chi connectivity index (χ2n) is 5.06.